The summed E-state index contributed by atoms with van der Waals surface area (Å²) in [6.07, 6.45) is 0. The number of benzene rings is 3. The first kappa shape index (κ1) is 20.1. The second kappa shape index (κ2) is 9.06. The van der Waals surface area contributed by atoms with Crippen molar-refractivity contribution >= 4 is 37.5 Å². The van der Waals surface area contributed by atoms with Gasteiger partial charge in [-0.15, -0.1) is 0 Å². The molecule has 0 amide bonds. The standard InChI is InChI=1S/C24H21IO3/c1-16-15-20(28-3)13-14-21(16)24(26)22(17-9-11-19(27-2)12-10-17)23(25)18-7-5-4-6-8-18/h4-15H,1-3H3. The molecule has 0 aliphatic carbocycles. The van der Waals surface area contributed by atoms with Crippen LogP contribution in [0.25, 0.3) is 9.15 Å². The molecule has 0 aromatic heterocycles. The highest BCUT2D eigenvalue weighted by Gasteiger charge is 2.21. The van der Waals surface area contributed by atoms with Crippen molar-refractivity contribution in [1.29, 1.82) is 0 Å². The van der Waals surface area contributed by atoms with Crippen LogP contribution in [-0.4, -0.2) is 20.0 Å². The van der Waals surface area contributed by atoms with Crippen molar-refractivity contribution in [1.82, 2.24) is 0 Å². The molecule has 0 N–H and O–H groups in total. The molecule has 0 spiro atoms. The van der Waals surface area contributed by atoms with E-state index in [1.54, 1.807) is 14.2 Å². The van der Waals surface area contributed by atoms with Crippen molar-refractivity contribution in [2.45, 2.75) is 6.92 Å². The summed E-state index contributed by atoms with van der Waals surface area (Å²) in [5.41, 5.74) is 4.08. The quantitative estimate of drug-likeness (QED) is 0.181. The first-order valence-electron chi connectivity index (χ1n) is 8.84. The van der Waals surface area contributed by atoms with Gasteiger partial charge in [0.2, 0.25) is 0 Å². The molecule has 28 heavy (non-hydrogen) atoms. The second-order valence-electron chi connectivity index (χ2n) is 6.29. The molecular formula is C24H21IO3. The highest BCUT2D eigenvalue weighted by molar-refractivity contribution is 14.1. The second-order valence-corrected chi connectivity index (χ2v) is 7.37. The molecule has 0 heterocycles. The average molecular weight is 484 g/mol. The van der Waals surface area contributed by atoms with Crippen LogP contribution in [-0.2, 0) is 0 Å². The Kier molecular flexibility index (Phi) is 6.52. The van der Waals surface area contributed by atoms with Gasteiger partial charge in [0.15, 0.2) is 5.78 Å². The molecule has 0 bridgehead atoms. The van der Waals surface area contributed by atoms with Crippen LogP contribution in [0, 0.1) is 6.92 Å². The Balaban J connectivity index is 2.17. The van der Waals surface area contributed by atoms with Crippen molar-refractivity contribution in [2.24, 2.45) is 0 Å². The molecule has 0 saturated carbocycles. The maximum Gasteiger partial charge on any atom is 0.194 e. The van der Waals surface area contributed by atoms with Crippen LogP contribution in [0.1, 0.15) is 27.0 Å². The topological polar surface area (TPSA) is 35.5 Å². The van der Waals surface area contributed by atoms with E-state index >= 15 is 0 Å². The number of halogens is 1. The molecule has 142 valence electrons. The van der Waals surface area contributed by atoms with Gasteiger partial charge in [0.25, 0.3) is 0 Å². The van der Waals surface area contributed by atoms with Crippen LogP contribution in [0.2, 0.25) is 0 Å². The minimum atomic E-state index is -0.0152. The number of ether oxygens (including phenoxy) is 2. The van der Waals surface area contributed by atoms with Crippen LogP contribution in [0.3, 0.4) is 0 Å². The van der Waals surface area contributed by atoms with E-state index in [0.29, 0.717) is 11.1 Å². The smallest absolute Gasteiger partial charge is 0.194 e. The summed E-state index contributed by atoms with van der Waals surface area (Å²) in [5.74, 6) is 1.48. The molecule has 3 nitrogen and oxygen atoms in total. The lowest BCUT2D eigenvalue weighted by atomic mass is 9.92. The third-order valence-electron chi connectivity index (χ3n) is 4.53. The summed E-state index contributed by atoms with van der Waals surface area (Å²) in [5, 5.41) is 0. The van der Waals surface area contributed by atoms with E-state index in [1.165, 1.54) is 0 Å². The van der Waals surface area contributed by atoms with E-state index in [0.717, 1.165) is 31.8 Å². The summed E-state index contributed by atoms with van der Waals surface area (Å²) < 4.78 is 11.5. The Morgan fingerprint density at radius 1 is 0.786 bits per heavy atom. The van der Waals surface area contributed by atoms with Crippen molar-refractivity contribution < 1.29 is 14.3 Å². The normalized spacial score (nSPS) is 11.6. The number of carbonyl (C=O) groups is 1. The summed E-state index contributed by atoms with van der Waals surface area (Å²) in [6, 6.07) is 23.1. The first-order chi connectivity index (χ1) is 13.5. The molecule has 0 unspecified atom stereocenters. The lowest BCUT2D eigenvalue weighted by molar-refractivity contribution is 0.105. The lowest BCUT2D eigenvalue weighted by Gasteiger charge is -2.14. The number of carbonyl (C=O) groups excluding carboxylic acids is 1. The average Bonchev–Trinajstić information content (AvgIpc) is 2.74. The number of methoxy groups -OCH3 is 2. The van der Waals surface area contributed by atoms with Gasteiger partial charge in [0.05, 0.1) is 14.2 Å². The molecule has 0 saturated heterocycles. The highest BCUT2D eigenvalue weighted by Crippen LogP contribution is 2.35. The predicted octanol–water partition coefficient (Wildman–Crippen LogP) is 6.20. The largest absolute Gasteiger partial charge is 0.497 e. The van der Waals surface area contributed by atoms with Crippen LogP contribution in [0.4, 0.5) is 0 Å². The van der Waals surface area contributed by atoms with Gasteiger partial charge in [-0.3, -0.25) is 4.79 Å². The molecule has 3 aromatic carbocycles. The van der Waals surface area contributed by atoms with Crippen LogP contribution in [0.5, 0.6) is 11.5 Å². The molecular weight excluding hydrogens is 463 g/mol. The fourth-order valence-corrected chi connectivity index (χ4v) is 3.91. The molecule has 0 fully saturated rings. The van der Waals surface area contributed by atoms with E-state index in [4.69, 9.17) is 9.47 Å². The minimum absolute atomic E-state index is 0.0152. The van der Waals surface area contributed by atoms with Gasteiger partial charge in [-0.25, -0.2) is 0 Å². The Bertz CT molecular complexity index is 1010. The van der Waals surface area contributed by atoms with Gasteiger partial charge < -0.3 is 9.47 Å². The summed E-state index contributed by atoms with van der Waals surface area (Å²) in [7, 11) is 3.25. The number of aryl methyl sites for hydroxylation is 1. The molecule has 3 rings (SSSR count). The molecule has 0 aliphatic heterocycles. The van der Waals surface area contributed by atoms with Crippen LogP contribution in [0.15, 0.2) is 72.8 Å². The van der Waals surface area contributed by atoms with Crippen LogP contribution < -0.4 is 9.47 Å². The maximum atomic E-state index is 13.6. The summed E-state index contributed by atoms with van der Waals surface area (Å²) >= 11 is 2.26. The maximum absolute atomic E-state index is 13.6. The minimum Gasteiger partial charge on any atom is -0.497 e. The van der Waals surface area contributed by atoms with Gasteiger partial charge in [-0.2, -0.15) is 0 Å². The predicted molar refractivity (Wildman–Crippen MR) is 122 cm³/mol. The lowest BCUT2D eigenvalue weighted by Crippen LogP contribution is -2.07. The molecule has 4 heteroatoms. The van der Waals surface area contributed by atoms with E-state index in [2.05, 4.69) is 22.6 Å². The summed E-state index contributed by atoms with van der Waals surface area (Å²) in [6.45, 7) is 1.93. The Hall–Kier alpha value is -2.60. The Morgan fingerprint density at radius 2 is 1.39 bits per heavy atom. The first-order valence-corrected chi connectivity index (χ1v) is 9.92. The number of rotatable bonds is 6. The Morgan fingerprint density at radius 3 is 1.96 bits per heavy atom. The number of allylic oxidation sites excluding steroid dienone is 1. The fraction of sp³-hybridized carbons (Fsp3) is 0.125. The van der Waals surface area contributed by atoms with E-state index in [1.807, 2.05) is 79.7 Å². The van der Waals surface area contributed by atoms with Gasteiger partial charge in [0, 0.05) is 14.7 Å². The monoisotopic (exact) mass is 484 g/mol. The van der Waals surface area contributed by atoms with Crippen molar-refractivity contribution in [3.63, 3.8) is 0 Å². The zero-order valence-electron chi connectivity index (χ0n) is 16.0. The SMILES string of the molecule is COc1ccc(C(C(=O)c2ccc(OC)cc2C)=C(I)c2ccccc2)cc1. The number of ketones is 1. The van der Waals surface area contributed by atoms with Crippen molar-refractivity contribution in [3.05, 3.63) is 95.1 Å². The van der Waals surface area contributed by atoms with Crippen molar-refractivity contribution in [2.75, 3.05) is 14.2 Å². The number of hydrogen-bond acceptors (Lipinski definition) is 3. The molecule has 3 aromatic rings. The molecule has 0 aliphatic rings. The Labute approximate surface area is 179 Å². The molecule has 0 radical (unpaired) electrons. The molecule has 0 atom stereocenters. The zero-order chi connectivity index (χ0) is 20.1. The highest BCUT2D eigenvalue weighted by atomic mass is 127. The zero-order valence-corrected chi connectivity index (χ0v) is 18.2. The third kappa shape index (κ3) is 4.28. The van der Waals surface area contributed by atoms with E-state index in [9.17, 15) is 4.79 Å². The van der Waals surface area contributed by atoms with Gasteiger partial charge in [0.1, 0.15) is 11.5 Å². The van der Waals surface area contributed by atoms with Gasteiger partial charge in [-0.1, -0.05) is 42.5 Å². The number of Topliss-reactive ketones (excluding diaryl/α,β-unsaturated/α-hetero) is 1. The summed E-state index contributed by atoms with van der Waals surface area (Å²) in [4.78, 5) is 13.6. The van der Waals surface area contributed by atoms with Crippen molar-refractivity contribution in [3.8, 4) is 11.5 Å². The van der Waals surface area contributed by atoms with Gasteiger partial charge >= 0.3 is 0 Å². The van der Waals surface area contributed by atoms with E-state index < -0.39 is 0 Å². The van der Waals surface area contributed by atoms with Gasteiger partial charge in [-0.05, 0) is 76.5 Å². The van der Waals surface area contributed by atoms with Crippen LogP contribution >= 0.6 is 22.6 Å². The van der Waals surface area contributed by atoms with E-state index in [-0.39, 0.29) is 5.78 Å². The fourth-order valence-electron chi connectivity index (χ4n) is 3.00. The third-order valence-corrected chi connectivity index (χ3v) is 5.69. The number of hydrogen-bond donors (Lipinski definition) is 0.